The summed E-state index contributed by atoms with van der Waals surface area (Å²) in [6.45, 7) is 1.32. The van der Waals surface area contributed by atoms with Crippen molar-refractivity contribution in [2.24, 2.45) is 0 Å². The Balaban J connectivity index is 1.86. The molecular formula is C16H16N6O. The number of hydrogen-bond donors (Lipinski definition) is 2. The SMILES string of the molecule is COCCNc1cc(-c2cnn3cccnc23)c2cc[nH]c2n1. The molecule has 0 saturated heterocycles. The summed E-state index contributed by atoms with van der Waals surface area (Å²) in [4.78, 5) is 12.2. The van der Waals surface area contributed by atoms with Gasteiger partial charge in [0.1, 0.15) is 11.5 Å². The molecule has 0 aliphatic rings. The number of methoxy groups -OCH3 is 1. The maximum atomic E-state index is 5.07. The Morgan fingerprint density at radius 2 is 2.30 bits per heavy atom. The van der Waals surface area contributed by atoms with E-state index in [-0.39, 0.29) is 0 Å². The lowest BCUT2D eigenvalue weighted by Gasteiger charge is -2.08. The van der Waals surface area contributed by atoms with Gasteiger partial charge in [-0.2, -0.15) is 5.10 Å². The van der Waals surface area contributed by atoms with E-state index >= 15 is 0 Å². The predicted molar refractivity (Wildman–Crippen MR) is 88.4 cm³/mol. The number of aromatic amines is 1. The van der Waals surface area contributed by atoms with Crippen molar-refractivity contribution in [3.05, 3.63) is 43.0 Å². The first kappa shape index (κ1) is 13.7. The minimum absolute atomic E-state index is 0.623. The molecule has 116 valence electrons. The van der Waals surface area contributed by atoms with Gasteiger partial charge in [0, 0.05) is 48.8 Å². The molecule has 0 amide bonds. The molecule has 0 radical (unpaired) electrons. The Morgan fingerprint density at radius 3 is 3.22 bits per heavy atom. The fourth-order valence-electron chi connectivity index (χ4n) is 2.65. The Bertz CT molecular complexity index is 957. The van der Waals surface area contributed by atoms with E-state index < -0.39 is 0 Å². The van der Waals surface area contributed by atoms with Gasteiger partial charge in [-0.05, 0) is 18.2 Å². The van der Waals surface area contributed by atoms with Crippen LogP contribution in [-0.2, 0) is 4.74 Å². The third kappa shape index (κ3) is 2.40. The highest BCUT2D eigenvalue weighted by atomic mass is 16.5. The van der Waals surface area contributed by atoms with E-state index in [0.717, 1.165) is 33.6 Å². The third-order valence-corrected chi connectivity index (χ3v) is 3.71. The molecule has 4 aromatic heterocycles. The first-order chi connectivity index (χ1) is 11.4. The van der Waals surface area contributed by atoms with Crippen molar-refractivity contribution in [3.8, 4) is 11.1 Å². The molecule has 2 N–H and O–H groups in total. The number of ether oxygens (including phenoxy) is 1. The summed E-state index contributed by atoms with van der Waals surface area (Å²) in [5.74, 6) is 0.794. The molecule has 0 aromatic carbocycles. The Hall–Kier alpha value is -2.93. The van der Waals surface area contributed by atoms with Crippen molar-refractivity contribution in [3.63, 3.8) is 0 Å². The van der Waals surface area contributed by atoms with E-state index in [4.69, 9.17) is 4.74 Å². The van der Waals surface area contributed by atoms with Crippen LogP contribution < -0.4 is 5.32 Å². The molecule has 4 rings (SSSR count). The minimum atomic E-state index is 0.623. The normalized spacial score (nSPS) is 11.3. The quantitative estimate of drug-likeness (QED) is 0.553. The smallest absolute Gasteiger partial charge is 0.162 e. The molecule has 7 nitrogen and oxygen atoms in total. The second-order valence-electron chi connectivity index (χ2n) is 5.16. The number of rotatable bonds is 5. The predicted octanol–water partition coefficient (Wildman–Crippen LogP) is 2.33. The zero-order valence-electron chi connectivity index (χ0n) is 12.7. The number of anilines is 1. The second-order valence-corrected chi connectivity index (χ2v) is 5.16. The van der Waals surface area contributed by atoms with Gasteiger partial charge in [-0.25, -0.2) is 14.5 Å². The average Bonchev–Trinajstić information content (AvgIpc) is 3.21. The molecule has 0 spiro atoms. The highest BCUT2D eigenvalue weighted by molar-refractivity contribution is 5.98. The van der Waals surface area contributed by atoms with E-state index in [1.807, 2.05) is 36.8 Å². The monoisotopic (exact) mass is 308 g/mol. The maximum Gasteiger partial charge on any atom is 0.162 e. The van der Waals surface area contributed by atoms with Crippen LogP contribution in [0.2, 0.25) is 0 Å². The van der Waals surface area contributed by atoms with Crippen molar-refractivity contribution in [1.82, 2.24) is 24.6 Å². The Labute approximate surface area is 132 Å². The first-order valence-electron chi connectivity index (χ1n) is 7.36. The van der Waals surface area contributed by atoms with Gasteiger partial charge >= 0.3 is 0 Å². The van der Waals surface area contributed by atoms with Gasteiger partial charge in [0.05, 0.1) is 12.8 Å². The number of aromatic nitrogens is 5. The molecule has 4 heterocycles. The van der Waals surface area contributed by atoms with Gasteiger partial charge in [0.15, 0.2) is 5.65 Å². The highest BCUT2D eigenvalue weighted by Crippen LogP contribution is 2.31. The summed E-state index contributed by atoms with van der Waals surface area (Å²) in [5, 5.41) is 8.69. The summed E-state index contributed by atoms with van der Waals surface area (Å²) < 4.78 is 6.84. The number of hydrogen-bond acceptors (Lipinski definition) is 5. The van der Waals surface area contributed by atoms with Crippen LogP contribution in [0, 0.1) is 0 Å². The molecule has 0 bridgehead atoms. The second kappa shape index (κ2) is 5.69. The topological polar surface area (TPSA) is 80.1 Å². The van der Waals surface area contributed by atoms with Gasteiger partial charge in [-0.3, -0.25) is 0 Å². The fraction of sp³-hybridized carbons (Fsp3) is 0.188. The van der Waals surface area contributed by atoms with Crippen LogP contribution in [-0.4, -0.2) is 44.8 Å². The number of nitrogens with one attached hydrogen (secondary N) is 2. The first-order valence-corrected chi connectivity index (χ1v) is 7.36. The van der Waals surface area contributed by atoms with Crippen LogP contribution in [0.5, 0.6) is 0 Å². The minimum Gasteiger partial charge on any atom is -0.383 e. The van der Waals surface area contributed by atoms with Crippen LogP contribution in [0.15, 0.2) is 43.0 Å². The molecule has 23 heavy (non-hydrogen) atoms. The van der Waals surface area contributed by atoms with Gasteiger partial charge < -0.3 is 15.0 Å². The molecule has 0 fully saturated rings. The van der Waals surface area contributed by atoms with E-state index in [9.17, 15) is 0 Å². The lowest BCUT2D eigenvalue weighted by Crippen LogP contribution is -2.08. The number of fused-ring (bicyclic) bond motifs is 2. The van der Waals surface area contributed by atoms with Crippen molar-refractivity contribution >= 4 is 22.5 Å². The maximum absolute atomic E-state index is 5.07. The Morgan fingerprint density at radius 1 is 1.35 bits per heavy atom. The lowest BCUT2D eigenvalue weighted by atomic mass is 10.1. The zero-order chi connectivity index (χ0) is 15.6. The molecule has 0 atom stereocenters. The summed E-state index contributed by atoms with van der Waals surface area (Å²) in [5.41, 5.74) is 3.68. The molecule has 4 aromatic rings. The van der Waals surface area contributed by atoms with Crippen LogP contribution in [0.4, 0.5) is 5.82 Å². The molecule has 0 aliphatic carbocycles. The van der Waals surface area contributed by atoms with Gasteiger partial charge in [0.25, 0.3) is 0 Å². The molecular weight excluding hydrogens is 292 g/mol. The van der Waals surface area contributed by atoms with Crippen LogP contribution in [0.25, 0.3) is 27.8 Å². The number of H-pyrrole nitrogens is 1. The standard InChI is InChI=1S/C16H16N6O/c1-23-8-6-17-14-9-12(11-3-5-18-15(11)21-14)13-10-20-22-7-2-4-19-16(13)22/h2-5,7,9-10H,6,8H2,1H3,(H2,17,18,21). The largest absolute Gasteiger partial charge is 0.383 e. The van der Waals surface area contributed by atoms with Crippen molar-refractivity contribution in [1.29, 1.82) is 0 Å². The van der Waals surface area contributed by atoms with E-state index in [1.165, 1.54) is 0 Å². The summed E-state index contributed by atoms with van der Waals surface area (Å²) in [7, 11) is 1.68. The van der Waals surface area contributed by atoms with Crippen LogP contribution in [0.1, 0.15) is 0 Å². The molecule has 0 aliphatic heterocycles. The molecule has 0 saturated carbocycles. The highest BCUT2D eigenvalue weighted by Gasteiger charge is 2.13. The lowest BCUT2D eigenvalue weighted by molar-refractivity contribution is 0.210. The van der Waals surface area contributed by atoms with Crippen molar-refractivity contribution in [2.45, 2.75) is 0 Å². The molecule has 0 unspecified atom stereocenters. The van der Waals surface area contributed by atoms with Gasteiger partial charge in [-0.15, -0.1) is 0 Å². The number of pyridine rings is 1. The third-order valence-electron chi connectivity index (χ3n) is 3.71. The fourth-order valence-corrected chi connectivity index (χ4v) is 2.65. The summed E-state index contributed by atoms with van der Waals surface area (Å²) in [6, 6.07) is 5.90. The van der Waals surface area contributed by atoms with Gasteiger partial charge in [0.2, 0.25) is 0 Å². The van der Waals surface area contributed by atoms with Crippen LogP contribution in [0.3, 0.4) is 0 Å². The van der Waals surface area contributed by atoms with Crippen molar-refractivity contribution in [2.75, 3.05) is 25.6 Å². The van der Waals surface area contributed by atoms with Crippen molar-refractivity contribution < 1.29 is 4.74 Å². The van der Waals surface area contributed by atoms with Gasteiger partial charge in [-0.1, -0.05) is 0 Å². The van der Waals surface area contributed by atoms with E-state index in [2.05, 4.69) is 25.4 Å². The molecule has 7 heteroatoms. The zero-order valence-corrected chi connectivity index (χ0v) is 12.7. The van der Waals surface area contributed by atoms with Crippen LogP contribution >= 0.6 is 0 Å². The summed E-state index contributed by atoms with van der Waals surface area (Å²) in [6.07, 6.45) is 7.38. The Kier molecular flexibility index (Phi) is 3.39. The number of nitrogens with zero attached hydrogens (tertiary/aromatic N) is 4. The summed E-state index contributed by atoms with van der Waals surface area (Å²) >= 11 is 0. The van der Waals surface area contributed by atoms with E-state index in [1.54, 1.807) is 17.8 Å². The average molecular weight is 308 g/mol. The van der Waals surface area contributed by atoms with E-state index in [0.29, 0.717) is 13.2 Å².